The standard InChI is InChI=1S/C18H7F5O/c19-12-11(13(20)15(22)16(23)14(12)21)18-9-6-2-4-7-3-1-5-8(10(7)9)17(18)24-18/h1-6,17H. The highest BCUT2D eigenvalue weighted by Gasteiger charge is 2.67. The summed E-state index contributed by atoms with van der Waals surface area (Å²) in [6, 6.07) is 10.4. The Morgan fingerprint density at radius 1 is 0.750 bits per heavy atom. The Kier molecular flexibility index (Phi) is 2.40. The number of hydrogen-bond donors (Lipinski definition) is 0. The van der Waals surface area contributed by atoms with Crippen molar-refractivity contribution in [1.29, 1.82) is 0 Å². The van der Waals surface area contributed by atoms with Crippen LogP contribution in [-0.4, -0.2) is 0 Å². The van der Waals surface area contributed by atoms with Gasteiger partial charge in [-0.3, -0.25) is 0 Å². The second kappa shape index (κ2) is 4.13. The molecular formula is C18H7F5O. The van der Waals surface area contributed by atoms with Crippen molar-refractivity contribution in [2.75, 3.05) is 0 Å². The highest BCUT2D eigenvalue weighted by molar-refractivity contribution is 5.94. The fraction of sp³-hybridized carbons (Fsp3) is 0.111. The van der Waals surface area contributed by atoms with Crippen LogP contribution in [0.5, 0.6) is 0 Å². The molecule has 1 heterocycles. The van der Waals surface area contributed by atoms with Crippen molar-refractivity contribution in [3.63, 3.8) is 0 Å². The molecule has 1 saturated heterocycles. The van der Waals surface area contributed by atoms with E-state index in [1.807, 2.05) is 12.1 Å². The fourth-order valence-electron chi connectivity index (χ4n) is 3.79. The van der Waals surface area contributed by atoms with Crippen LogP contribution in [0.25, 0.3) is 10.8 Å². The number of benzene rings is 3. The van der Waals surface area contributed by atoms with Gasteiger partial charge in [0, 0.05) is 0 Å². The summed E-state index contributed by atoms with van der Waals surface area (Å²) in [6.45, 7) is 0. The highest BCUT2D eigenvalue weighted by Crippen LogP contribution is 2.68. The van der Waals surface area contributed by atoms with E-state index in [-0.39, 0.29) is 0 Å². The van der Waals surface area contributed by atoms with E-state index < -0.39 is 46.4 Å². The van der Waals surface area contributed by atoms with Gasteiger partial charge in [0.15, 0.2) is 28.9 Å². The summed E-state index contributed by atoms with van der Waals surface area (Å²) < 4.78 is 74.8. The Balaban J connectivity index is 1.88. The first-order valence-electron chi connectivity index (χ1n) is 7.20. The van der Waals surface area contributed by atoms with E-state index in [1.165, 1.54) is 0 Å². The summed E-state index contributed by atoms with van der Waals surface area (Å²) in [5.74, 6) is -9.79. The summed E-state index contributed by atoms with van der Waals surface area (Å²) in [6.07, 6.45) is -0.758. The molecule has 1 aliphatic carbocycles. The second-order valence-electron chi connectivity index (χ2n) is 5.93. The van der Waals surface area contributed by atoms with Gasteiger partial charge in [-0.25, -0.2) is 22.0 Å². The molecule has 0 saturated carbocycles. The van der Waals surface area contributed by atoms with E-state index in [2.05, 4.69) is 0 Å². The van der Waals surface area contributed by atoms with Gasteiger partial charge < -0.3 is 4.74 Å². The molecule has 0 bridgehead atoms. The number of halogens is 5. The van der Waals surface area contributed by atoms with Crippen molar-refractivity contribution >= 4 is 10.8 Å². The van der Waals surface area contributed by atoms with E-state index in [9.17, 15) is 22.0 Å². The SMILES string of the molecule is Fc1c(F)c(F)c(C23OC2c2cccc4cccc3c24)c(F)c1F. The molecule has 2 aliphatic rings. The average molecular weight is 334 g/mol. The van der Waals surface area contributed by atoms with Crippen LogP contribution in [0.1, 0.15) is 22.8 Å². The molecule has 1 nitrogen and oxygen atoms in total. The van der Waals surface area contributed by atoms with Crippen LogP contribution in [0, 0.1) is 29.1 Å². The van der Waals surface area contributed by atoms with Crippen LogP contribution in [0.15, 0.2) is 36.4 Å². The van der Waals surface area contributed by atoms with Crippen molar-refractivity contribution < 1.29 is 26.7 Å². The maximum absolute atomic E-state index is 14.3. The number of fused-ring (bicyclic) bond motifs is 3. The minimum Gasteiger partial charge on any atom is -0.350 e. The average Bonchev–Trinajstić information content (AvgIpc) is 3.27. The molecule has 6 heteroatoms. The molecule has 2 unspecified atom stereocenters. The van der Waals surface area contributed by atoms with E-state index in [4.69, 9.17) is 4.74 Å². The molecular weight excluding hydrogens is 327 g/mol. The molecule has 0 amide bonds. The smallest absolute Gasteiger partial charge is 0.200 e. The predicted molar refractivity (Wildman–Crippen MR) is 74.8 cm³/mol. The predicted octanol–water partition coefficient (Wildman–Crippen LogP) is 4.86. The first-order valence-corrected chi connectivity index (χ1v) is 7.20. The molecule has 0 N–H and O–H groups in total. The number of ether oxygens (including phenoxy) is 1. The van der Waals surface area contributed by atoms with Gasteiger partial charge in [-0.1, -0.05) is 36.4 Å². The summed E-state index contributed by atoms with van der Waals surface area (Å²) >= 11 is 0. The maximum Gasteiger partial charge on any atom is 0.200 e. The summed E-state index contributed by atoms with van der Waals surface area (Å²) in [4.78, 5) is 0. The highest BCUT2D eigenvalue weighted by atomic mass is 19.2. The topological polar surface area (TPSA) is 12.5 Å². The van der Waals surface area contributed by atoms with Gasteiger partial charge in [-0.15, -0.1) is 0 Å². The van der Waals surface area contributed by atoms with Crippen molar-refractivity contribution in [3.8, 4) is 0 Å². The van der Waals surface area contributed by atoms with Gasteiger partial charge in [0.25, 0.3) is 0 Å². The Morgan fingerprint density at radius 2 is 1.33 bits per heavy atom. The van der Waals surface area contributed by atoms with Gasteiger partial charge in [-0.05, 0) is 21.9 Å². The molecule has 5 rings (SSSR count). The zero-order chi connectivity index (χ0) is 16.8. The van der Waals surface area contributed by atoms with Gasteiger partial charge in [0.1, 0.15) is 6.10 Å². The summed E-state index contributed by atoms with van der Waals surface area (Å²) in [5.41, 5.74) is -1.48. The minimum absolute atomic E-state index is 0.420. The van der Waals surface area contributed by atoms with E-state index >= 15 is 0 Å². The number of epoxide rings is 1. The molecule has 1 aliphatic heterocycles. The Hall–Kier alpha value is -2.47. The molecule has 0 aromatic heterocycles. The van der Waals surface area contributed by atoms with Gasteiger partial charge in [0.2, 0.25) is 5.82 Å². The van der Waals surface area contributed by atoms with Crippen molar-refractivity contribution in [2.24, 2.45) is 0 Å². The Bertz CT molecular complexity index is 1030. The van der Waals surface area contributed by atoms with Crippen LogP contribution in [-0.2, 0) is 10.3 Å². The van der Waals surface area contributed by atoms with E-state index in [0.29, 0.717) is 11.1 Å². The third kappa shape index (κ3) is 1.35. The molecule has 0 spiro atoms. The first kappa shape index (κ1) is 13.9. The van der Waals surface area contributed by atoms with Crippen LogP contribution < -0.4 is 0 Å². The zero-order valence-electron chi connectivity index (χ0n) is 11.8. The van der Waals surface area contributed by atoms with Crippen molar-refractivity contribution in [3.05, 3.63) is 82.2 Å². The van der Waals surface area contributed by atoms with Gasteiger partial charge in [-0.2, -0.15) is 0 Å². The summed E-state index contributed by atoms with van der Waals surface area (Å²) in [5, 5.41) is 1.56. The quantitative estimate of drug-likeness (QED) is 0.268. The molecule has 2 atom stereocenters. The lowest BCUT2D eigenvalue weighted by Crippen LogP contribution is -2.18. The maximum atomic E-state index is 14.3. The molecule has 24 heavy (non-hydrogen) atoms. The minimum atomic E-state index is -2.17. The van der Waals surface area contributed by atoms with Crippen LogP contribution in [0.2, 0.25) is 0 Å². The van der Waals surface area contributed by atoms with Gasteiger partial charge in [0.05, 0.1) is 5.56 Å². The van der Waals surface area contributed by atoms with Crippen LogP contribution >= 0.6 is 0 Å². The normalized spacial score (nSPS) is 23.6. The molecule has 0 radical (unpaired) electrons. The van der Waals surface area contributed by atoms with Crippen LogP contribution in [0.4, 0.5) is 22.0 Å². The monoisotopic (exact) mass is 334 g/mol. The molecule has 1 fully saturated rings. The number of hydrogen-bond acceptors (Lipinski definition) is 1. The van der Waals surface area contributed by atoms with Crippen molar-refractivity contribution in [1.82, 2.24) is 0 Å². The van der Waals surface area contributed by atoms with E-state index in [0.717, 1.165) is 10.8 Å². The van der Waals surface area contributed by atoms with E-state index in [1.54, 1.807) is 24.3 Å². The second-order valence-corrected chi connectivity index (χ2v) is 5.93. The summed E-state index contributed by atoms with van der Waals surface area (Å²) in [7, 11) is 0. The Labute approximate surface area is 132 Å². The lowest BCUT2D eigenvalue weighted by molar-refractivity contribution is 0.298. The third-order valence-electron chi connectivity index (χ3n) is 4.82. The van der Waals surface area contributed by atoms with Crippen molar-refractivity contribution in [2.45, 2.75) is 11.7 Å². The lowest BCUT2D eigenvalue weighted by atomic mass is 9.89. The number of rotatable bonds is 1. The largest absolute Gasteiger partial charge is 0.350 e. The first-order chi connectivity index (χ1) is 11.5. The Morgan fingerprint density at radius 3 is 2.00 bits per heavy atom. The fourth-order valence-corrected chi connectivity index (χ4v) is 3.79. The molecule has 3 aromatic rings. The van der Waals surface area contributed by atoms with Crippen LogP contribution in [0.3, 0.4) is 0 Å². The molecule has 120 valence electrons. The lowest BCUT2D eigenvalue weighted by Gasteiger charge is -2.16. The third-order valence-corrected chi connectivity index (χ3v) is 4.82. The zero-order valence-corrected chi connectivity index (χ0v) is 11.8. The molecule has 3 aromatic carbocycles. The van der Waals surface area contributed by atoms with Gasteiger partial charge >= 0.3 is 0 Å².